The van der Waals surface area contributed by atoms with Crippen LogP contribution in [0.15, 0.2) is 47.3 Å². The SMILES string of the molecule is Cc1nccn1CCn1ccc2c(Br)cccc21. The standard InChI is InChI=1S/C14H14BrN3/c1-11-16-6-8-17(11)9-10-18-7-5-12-13(15)3-2-4-14(12)18/h2-8H,9-10H2,1H3. The number of hydrogen-bond acceptors (Lipinski definition) is 1. The smallest absolute Gasteiger partial charge is 0.105 e. The Morgan fingerprint density at radius 2 is 1.94 bits per heavy atom. The van der Waals surface area contributed by atoms with Crippen LogP contribution in [0.5, 0.6) is 0 Å². The van der Waals surface area contributed by atoms with Gasteiger partial charge in [-0.2, -0.15) is 0 Å². The van der Waals surface area contributed by atoms with Crippen LogP contribution in [0.1, 0.15) is 5.82 Å². The van der Waals surface area contributed by atoms with Gasteiger partial charge in [-0.3, -0.25) is 0 Å². The van der Waals surface area contributed by atoms with Crippen molar-refractivity contribution < 1.29 is 0 Å². The van der Waals surface area contributed by atoms with E-state index in [0.717, 1.165) is 23.4 Å². The largest absolute Gasteiger partial charge is 0.346 e. The number of aromatic nitrogens is 3. The van der Waals surface area contributed by atoms with E-state index in [2.05, 4.69) is 60.5 Å². The first-order chi connectivity index (χ1) is 8.75. The fourth-order valence-electron chi connectivity index (χ4n) is 2.24. The number of imidazole rings is 1. The van der Waals surface area contributed by atoms with Crippen molar-refractivity contribution in [2.75, 3.05) is 0 Å². The first-order valence-corrected chi connectivity index (χ1v) is 6.76. The zero-order valence-electron chi connectivity index (χ0n) is 10.2. The second kappa shape index (κ2) is 4.61. The van der Waals surface area contributed by atoms with Gasteiger partial charge in [-0.25, -0.2) is 4.98 Å². The van der Waals surface area contributed by atoms with Gasteiger partial charge in [0.1, 0.15) is 5.82 Å². The van der Waals surface area contributed by atoms with E-state index in [1.807, 2.05) is 19.3 Å². The van der Waals surface area contributed by atoms with E-state index in [-0.39, 0.29) is 0 Å². The second-order valence-electron chi connectivity index (χ2n) is 4.35. The number of halogens is 1. The number of nitrogens with zero attached hydrogens (tertiary/aromatic N) is 3. The summed E-state index contributed by atoms with van der Waals surface area (Å²) in [6, 6.07) is 8.46. The number of hydrogen-bond donors (Lipinski definition) is 0. The van der Waals surface area contributed by atoms with E-state index in [4.69, 9.17) is 0 Å². The Hall–Kier alpha value is -1.55. The monoisotopic (exact) mass is 303 g/mol. The number of aryl methyl sites for hydroxylation is 3. The van der Waals surface area contributed by atoms with E-state index in [9.17, 15) is 0 Å². The summed E-state index contributed by atoms with van der Waals surface area (Å²) >= 11 is 3.58. The van der Waals surface area contributed by atoms with Crippen molar-refractivity contribution >= 4 is 26.8 Å². The molecule has 92 valence electrons. The molecule has 4 heteroatoms. The summed E-state index contributed by atoms with van der Waals surface area (Å²) < 4.78 is 5.60. The highest BCUT2D eigenvalue weighted by atomic mass is 79.9. The molecule has 0 aliphatic rings. The maximum Gasteiger partial charge on any atom is 0.105 e. The summed E-state index contributed by atoms with van der Waals surface area (Å²) in [6.45, 7) is 3.93. The molecule has 2 aromatic heterocycles. The van der Waals surface area contributed by atoms with E-state index in [1.165, 1.54) is 10.9 Å². The molecular weight excluding hydrogens is 290 g/mol. The van der Waals surface area contributed by atoms with E-state index in [0.29, 0.717) is 0 Å². The van der Waals surface area contributed by atoms with Crippen LogP contribution in [0, 0.1) is 6.92 Å². The molecule has 0 spiro atoms. The molecule has 1 aromatic carbocycles. The normalized spacial score (nSPS) is 11.2. The average Bonchev–Trinajstić information content (AvgIpc) is 2.94. The molecule has 0 saturated heterocycles. The second-order valence-corrected chi connectivity index (χ2v) is 5.20. The quantitative estimate of drug-likeness (QED) is 0.725. The highest BCUT2D eigenvalue weighted by molar-refractivity contribution is 9.10. The summed E-state index contributed by atoms with van der Waals surface area (Å²) in [6.07, 6.45) is 6.01. The molecule has 0 fully saturated rings. The van der Waals surface area contributed by atoms with Crippen LogP contribution in [0.3, 0.4) is 0 Å². The predicted octanol–water partition coefficient (Wildman–Crippen LogP) is 3.61. The molecule has 2 heterocycles. The van der Waals surface area contributed by atoms with Gasteiger partial charge >= 0.3 is 0 Å². The lowest BCUT2D eigenvalue weighted by molar-refractivity contribution is 0.580. The molecule has 0 saturated carbocycles. The van der Waals surface area contributed by atoms with Gasteiger partial charge in [0.2, 0.25) is 0 Å². The summed E-state index contributed by atoms with van der Waals surface area (Å²) in [5, 5.41) is 1.26. The van der Waals surface area contributed by atoms with Gasteiger partial charge in [0.15, 0.2) is 0 Å². The van der Waals surface area contributed by atoms with Crippen molar-refractivity contribution in [3.63, 3.8) is 0 Å². The third kappa shape index (κ3) is 1.97. The summed E-state index contributed by atoms with van der Waals surface area (Å²) in [7, 11) is 0. The van der Waals surface area contributed by atoms with Crippen LogP contribution >= 0.6 is 15.9 Å². The van der Waals surface area contributed by atoms with Crippen LogP contribution in [0.25, 0.3) is 10.9 Å². The van der Waals surface area contributed by atoms with Crippen molar-refractivity contribution in [3.05, 3.63) is 53.2 Å². The molecule has 0 atom stereocenters. The van der Waals surface area contributed by atoms with Crippen LogP contribution in [-0.2, 0) is 13.1 Å². The molecule has 0 amide bonds. The first-order valence-electron chi connectivity index (χ1n) is 5.97. The third-order valence-electron chi connectivity index (χ3n) is 3.27. The van der Waals surface area contributed by atoms with Gasteiger partial charge in [-0.15, -0.1) is 0 Å². The van der Waals surface area contributed by atoms with Crippen LogP contribution < -0.4 is 0 Å². The molecular formula is C14H14BrN3. The molecule has 0 bridgehead atoms. The number of benzene rings is 1. The Labute approximate surface area is 114 Å². The Balaban J connectivity index is 1.87. The molecule has 3 rings (SSSR count). The van der Waals surface area contributed by atoms with Crippen molar-refractivity contribution in [2.45, 2.75) is 20.0 Å². The van der Waals surface area contributed by atoms with Crippen molar-refractivity contribution in [2.24, 2.45) is 0 Å². The minimum absolute atomic E-state index is 0.947. The molecule has 0 unspecified atom stereocenters. The zero-order chi connectivity index (χ0) is 12.5. The van der Waals surface area contributed by atoms with Crippen molar-refractivity contribution in [1.82, 2.24) is 14.1 Å². The summed E-state index contributed by atoms with van der Waals surface area (Å²) in [5.74, 6) is 1.06. The predicted molar refractivity (Wildman–Crippen MR) is 76.6 cm³/mol. The highest BCUT2D eigenvalue weighted by Gasteiger charge is 2.04. The molecule has 0 aliphatic carbocycles. The Kier molecular flexibility index (Phi) is 2.96. The van der Waals surface area contributed by atoms with Crippen LogP contribution in [0.2, 0.25) is 0 Å². The number of rotatable bonds is 3. The van der Waals surface area contributed by atoms with Gasteiger partial charge < -0.3 is 9.13 Å². The van der Waals surface area contributed by atoms with Gasteiger partial charge in [0.05, 0.1) is 0 Å². The number of fused-ring (bicyclic) bond motifs is 1. The van der Waals surface area contributed by atoms with E-state index < -0.39 is 0 Å². The lowest BCUT2D eigenvalue weighted by Crippen LogP contribution is -2.07. The van der Waals surface area contributed by atoms with E-state index in [1.54, 1.807) is 0 Å². The topological polar surface area (TPSA) is 22.8 Å². The fraction of sp³-hybridized carbons (Fsp3) is 0.214. The van der Waals surface area contributed by atoms with Gasteiger partial charge in [-0.05, 0) is 25.1 Å². The molecule has 3 nitrogen and oxygen atoms in total. The molecule has 0 aliphatic heterocycles. The molecule has 0 N–H and O–H groups in total. The fourth-order valence-corrected chi connectivity index (χ4v) is 2.72. The van der Waals surface area contributed by atoms with Gasteiger partial charge in [0, 0.05) is 47.1 Å². The highest BCUT2D eigenvalue weighted by Crippen LogP contribution is 2.24. The van der Waals surface area contributed by atoms with Gasteiger partial charge in [-0.1, -0.05) is 22.0 Å². The maximum absolute atomic E-state index is 4.24. The Bertz CT molecular complexity index is 681. The summed E-state index contributed by atoms with van der Waals surface area (Å²) in [4.78, 5) is 4.24. The van der Waals surface area contributed by atoms with Gasteiger partial charge in [0.25, 0.3) is 0 Å². The van der Waals surface area contributed by atoms with Crippen LogP contribution in [-0.4, -0.2) is 14.1 Å². The maximum atomic E-state index is 4.24. The molecule has 18 heavy (non-hydrogen) atoms. The average molecular weight is 304 g/mol. The Morgan fingerprint density at radius 3 is 2.72 bits per heavy atom. The lowest BCUT2D eigenvalue weighted by Gasteiger charge is -2.08. The van der Waals surface area contributed by atoms with Crippen LogP contribution in [0.4, 0.5) is 0 Å². The molecule has 3 aromatic rings. The zero-order valence-corrected chi connectivity index (χ0v) is 11.8. The minimum atomic E-state index is 0.947. The Morgan fingerprint density at radius 1 is 1.11 bits per heavy atom. The first kappa shape index (κ1) is 11.5. The van der Waals surface area contributed by atoms with Crippen molar-refractivity contribution in [1.29, 1.82) is 0 Å². The minimum Gasteiger partial charge on any atom is -0.346 e. The lowest BCUT2D eigenvalue weighted by atomic mass is 10.2. The van der Waals surface area contributed by atoms with Crippen molar-refractivity contribution in [3.8, 4) is 0 Å². The van der Waals surface area contributed by atoms with E-state index >= 15 is 0 Å². The third-order valence-corrected chi connectivity index (χ3v) is 3.96. The molecule has 0 radical (unpaired) electrons. The summed E-state index contributed by atoms with van der Waals surface area (Å²) in [5.41, 5.74) is 1.27.